The van der Waals surface area contributed by atoms with E-state index in [0.29, 0.717) is 5.69 Å². The van der Waals surface area contributed by atoms with Crippen LogP contribution < -0.4 is 20.7 Å². The normalized spacial score (nSPS) is 17.2. The Bertz CT molecular complexity index is 1520. The van der Waals surface area contributed by atoms with Crippen molar-refractivity contribution in [3.8, 4) is 5.75 Å². The molecule has 0 radical (unpaired) electrons. The third-order valence-electron chi connectivity index (χ3n) is 7.31. The van der Waals surface area contributed by atoms with Crippen LogP contribution in [0.4, 0.5) is 44.2 Å². The fraction of sp³-hybridized carbons (Fsp3) is 0.323. The lowest BCUT2D eigenvalue weighted by atomic mass is 9.99. The number of hydrogen-bond donors (Lipinski definition) is 4. The van der Waals surface area contributed by atoms with Gasteiger partial charge in [-0.3, -0.25) is 4.79 Å². The molecule has 5 amide bonds. The third kappa shape index (κ3) is 8.20. The first kappa shape index (κ1) is 33.1. The zero-order valence-electron chi connectivity index (χ0n) is 24.7. The number of fused-ring (bicyclic) bond motifs is 1. The molecule has 0 aromatic heterocycles. The number of carbonyl (C=O) groups is 3. The number of ether oxygens (including phenoxy) is 1. The Kier molecular flexibility index (Phi) is 10.2. The lowest BCUT2D eigenvalue weighted by Gasteiger charge is -2.38. The molecule has 4 N–H and O–H groups in total. The molecule has 45 heavy (non-hydrogen) atoms. The molecule has 240 valence electrons. The van der Waals surface area contributed by atoms with E-state index in [-0.39, 0.29) is 48.3 Å². The van der Waals surface area contributed by atoms with E-state index >= 15 is 0 Å². The molecular formula is C31H33F4N5O5. The molecule has 3 atom stereocenters. The molecule has 0 unspecified atom stereocenters. The summed E-state index contributed by atoms with van der Waals surface area (Å²) in [6.45, 7) is 3.41. The van der Waals surface area contributed by atoms with E-state index in [1.54, 1.807) is 6.92 Å². The number of halogens is 4. The summed E-state index contributed by atoms with van der Waals surface area (Å²) in [5.74, 6) is -1.26. The fourth-order valence-electron chi connectivity index (χ4n) is 4.69. The molecule has 1 heterocycles. The molecular weight excluding hydrogens is 598 g/mol. The van der Waals surface area contributed by atoms with Crippen molar-refractivity contribution in [3.63, 3.8) is 0 Å². The zero-order valence-corrected chi connectivity index (χ0v) is 24.7. The Morgan fingerprint density at radius 3 is 2.27 bits per heavy atom. The van der Waals surface area contributed by atoms with Crippen molar-refractivity contribution in [1.82, 2.24) is 9.80 Å². The van der Waals surface area contributed by atoms with Crippen LogP contribution in [0, 0.1) is 11.7 Å². The Hall–Kier alpha value is -4.85. The summed E-state index contributed by atoms with van der Waals surface area (Å²) in [6, 6.07) is 11.8. The van der Waals surface area contributed by atoms with Gasteiger partial charge in [-0.1, -0.05) is 13.0 Å². The van der Waals surface area contributed by atoms with Gasteiger partial charge in [0.25, 0.3) is 5.91 Å². The van der Waals surface area contributed by atoms with Gasteiger partial charge >= 0.3 is 18.2 Å². The van der Waals surface area contributed by atoms with Crippen molar-refractivity contribution in [2.75, 3.05) is 42.7 Å². The summed E-state index contributed by atoms with van der Waals surface area (Å²) in [4.78, 5) is 42.4. The molecule has 1 aliphatic heterocycles. The van der Waals surface area contributed by atoms with Crippen molar-refractivity contribution < 1.29 is 41.8 Å². The number of para-hydroxylation sites is 1. The number of carbonyl (C=O) groups excluding carboxylic acids is 3. The SMILES string of the molecule is C[C@@H]1CN([C@@H](C)CO)C(=O)c2cccc(NC(=O)Nc3ccc(C(F)(F)F)cc3)c2O[C@@H]1CN(C)C(=O)Nc1ccc(F)cc1. The number of aliphatic hydroxyl groups excluding tert-OH is 1. The van der Waals surface area contributed by atoms with Gasteiger partial charge in [0.2, 0.25) is 0 Å². The van der Waals surface area contributed by atoms with Gasteiger partial charge in [-0.15, -0.1) is 0 Å². The molecule has 0 bridgehead atoms. The van der Waals surface area contributed by atoms with Gasteiger partial charge in [0.15, 0.2) is 5.75 Å². The minimum absolute atomic E-state index is 0.0177. The highest BCUT2D eigenvalue weighted by atomic mass is 19.4. The van der Waals surface area contributed by atoms with Crippen LogP contribution in [0.25, 0.3) is 0 Å². The Labute approximate surface area is 257 Å². The Balaban J connectivity index is 1.59. The number of aliphatic hydroxyl groups is 1. The lowest BCUT2D eigenvalue weighted by Crippen LogP contribution is -2.50. The second-order valence-corrected chi connectivity index (χ2v) is 10.8. The van der Waals surface area contributed by atoms with Crippen LogP contribution in [0.3, 0.4) is 0 Å². The maximum atomic E-state index is 13.7. The number of nitrogens with one attached hydrogen (secondary N) is 3. The topological polar surface area (TPSA) is 123 Å². The van der Waals surface area contributed by atoms with Crippen LogP contribution in [0.1, 0.15) is 29.8 Å². The monoisotopic (exact) mass is 631 g/mol. The van der Waals surface area contributed by atoms with Gasteiger partial charge in [-0.05, 0) is 67.6 Å². The summed E-state index contributed by atoms with van der Waals surface area (Å²) in [6.07, 6.45) is -5.24. The predicted octanol–water partition coefficient (Wildman–Crippen LogP) is 5.87. The summed E-state index contributed by atoms with van der Waals surface area (Å²) < 4.78 is 58.4. The van der Waals surface area contributed by atoms with Gasteiger partial charge in [0.1, 0.15) is 11.9 Å². The number of rotatable bonds is 7. The van der Waals surface area contributed by atoms with Gasteiger partial charge in [-0.25, -0.2) is 14.0 Å². The van der Waals surface area contributed by atoms with Gasteiger partial charge in [-0.2, -0.15) is 13.2 Å². The number of alkyl halides is 3. The number of urea groups is 2. The maximum Gasteiger partial charge on any atom is 0.416 e. The highest BCUT2D eigenvalue weighted by Crippen LogP contribution is 2.35. The van der Waals surface area contributed by atoms with Crippen molar-refractivity contribution in [2.45, 2.75) is 32.2 Å². The third-order valence-corrected chi connectivity index (χ3v) is 7.31. The zero-order chi connectivity index (χ0) is 32.9. The number of benzene rings is 3. The standard InChI is InChI=1S/C31H33F4N5O5/c1-18-15-40(19(2)17-41)28(42)24-5-4-6-25(38-29(43)36-22-11-7-20(8-12-22)31(33,34)35)27(24)45-26(18)16-39(3)30(44)37-23-13-9-21(32)10-14-23/h4-14,18-19,26,41H,15-17H2,1-3H3,(H,37,44)(H2,36,38,43)/t18-,19+,26-/m1/s1. The molecule has 3 aromatic rings. The molecule has 10 nitrogen and oxygen atoms in total. The molecule has 14 heteroatoms. The summed E-state index contributed by atoms with van der Waals surface area (Å²) in [5, 5.41) is 17.6. The van der Waals surface area contributed by atoms with E-state index in [1.807, 2.05) is 6.92 Å². The van der Waals surface area contributed by atoms with Crippen LogP contribution in [0.2, 0.25) is 0 Å². The first-order valence-electron chi connectivity index (χ1n) is 14.0. The van der Waals surface area contributed by atoms with E-state index < -0.39 is 47.7 Å². The predicted molar refractivity (Wildman–Crippen MR) is 160 cm³/mol. The Morgan fingerprint density at radius 2 is 1.64 bits per heavy atom. The van der Waals surface area contributed by atoms with Gasteiger partial charge in [0, 0.05) is 30.9 Å². The van der Waals surface area contributed by atoms with Crippen molar-refractivity contribution >= 4 is 35.0 Å². The minimum Gasteiger partial charge on any atom is -0.485 e. The summed E-state index contributed by atoms with van der Waals surface area (Å²) in [5.41, 5.74) is -0.204. The van der Waals surface area contributed by atoms with Gasteiger partial charge < -0.3 is 35.6 Å². The van der Waals surface area contributed by atoms with Crippen LogP contribution in [0.15, 0.2) is 66.7 Å². The first-order valence-corrected chi connectivity index (χ1v) is 14.0. The second-order valence-electron chi connectivity index (χ2n) is 10.8. The lowest BCUT2D eigenvalue weighted by molar-refractivity contribution is -0.137. The van der Waals surface area contributed by atoms with Crippen LogP contribution >= 0.6 is 0 Å². The van der Waals surface area contributed by atoms with Crippen molar-refractivity contribution in [1.29, 1.82) is 0 Å². The maximum absolute atomic E-state index is 13.7. The number of nitrogens with zero attached hydrogens (tertiary/aromatic N) is 2. The van der Waals surface area contributed by atoms with E-state index in [0.717, 1.165) is 24.3 Å². The molecule has 3 aromatic carbocycles. The van der Waals surface area contributed by atoms with E-state index in [2.05, 4.69) is 16.0 Å². The smallest absolute Gasteiger partial charge is 0.416 e. The van der Waals surface area contributed by atoms with Gasteiger partial charge in [0.05, 0.1) is 36.0 Å². The molecule has 0 saturated carbocycles. The average molecular weight is 632 g/mol. The second kappa shape index (κ2) is 13.8. The molecule has 0 fully saturated rings. The summed E-state index contributed by atoms with van der Waals surface area (Å²) in [7, 11) is 1.54. The first-order chi connectivity index (χ1) is 21.3. The number of hydrogen-bond acceptors (Lipinski definition) is 5. The molecule has 1 aliphatic rings. The molecule has 4 rings (SSSR count). The fourth-order valence-corrected chi connectivity index (χ4v) is 4.69. The Morgan fingerprint density at radius 1 is 1.02 bits per heavy atom. The molecule has 0 saturated heterocycles. The van der Waals surface area contributed by atoms with Crippen LogP contribution in [-0.2, 0) is 6.18 Å². The number of amides is 5. The number of likely N-dealkylation sites (N-methyl/N-ethyl adjacent to an activating group) is 1. The molecule has 0 spiro atoms. The molecule has 0 aliphatic carbocycles. The minimum atomic E-state index is -4.53. The number of anilines is 3. The average Bonchev–Trinajstić information content (AvgIpc) is 2.99. The van der Waals surface area contributed by atoms with E-state index in [1.165, 1.54) is 59.3 Å². The quantitative estimate of drug-likeness (QED) is 0.243. The van der Waals surface area contributed by atoms with Crippen LogP contribution in [0.5, 0.6) is 5.75 Å². The highest BCUT2D eigenvalue weighted by molar-refractivity contribution is 6.04. The summed E-state index contributed by atoms with van der Waals surface area (Å²) >= 11 is 0. The van der Waals surface area contributed by atoms with Crippen LogP contribution in [-0.4, -0.2) is 71.8 Å². The van der Waals surface area contributed by atoms with E-state index in [4.69, 9.17) is 4.74 Å². The highest BCUT2D eigenvalue weighted by Gasteiger charge is 2.35. The largest absolute Gasteiger partial charge is 0.485 e. The van der Waals surface area contributed by atoms with Crippen molar-refractivity contribution in [3.05, 3.63) is 83.7 Å². The van der Waals surface area contributed by atoms with E-state index in [9.17, 15) is 37.1 Å². The van der Waals surface area contributed by atoms with Crippen molar-refractivity contribution in [2.24, 2.45) is 5.92 Å².